The highest BCUT2D eigenvalue weighted by Crippen LogP contribution is 2.38. The van der Waals surface area contributed by atoms with Crippen LogP contribution in [0.5, 0.6) is 5.75 Å². The molecule has 4 rings (SSSR count). The smallest absolute Gasteiger partial charge is 0.287 e. The summed E-state index contributed by atoms with van der Waals surface area (Å²) in [6.07, 6.45) is 0.809. The lowest BCUT2D eigenvalue weighted by Gasteiger charge is -2.39. The number of ether oxygens (including phenoxy) is 1. The third-order valence-electron chi connectivity index (χ3n) is 5.92. The highest BCUT2D eigenvalue weighted by molar-refractivity contribution is 5.91. The minimum absolute atomic E-state index is 0.0347. The molecule has 3 aromatic rings. The van der Waals surface area contributed by atoms with Gasteiger partial charge < -0.3 is 19.4 Å². The summed E-state index contributed by atoms with van der Waals surface area (Å²) in [5.41, 5.74) is 3.39. The molecule has 0 unspecified atom stereocenters. The molecule has 2 amide bonds. The molecule has 6 heteroatoms. The Kier molecular flexibility index (Phi) is 7.06. The summed E-state index contributed by atoms with van der Waals surface area (Å²) in [4.78, 5) is 27.2. The van der Waals surface area contributed by atoms with Gasteiger partial charge in [-0.15, -0.1) is 0 Å². The van der Waals surface area contributed by atoms with E-state index in [1.54, 1.807) is 12.1 Å². The molecular formula is C28H32N2O4. The summed E-state index contributed by atoms with van der Waals surface area (Å²) in [5, 5.41) is 2.82. The lowest BCUT2D eigenvalue weighted by Crippen LogP contribution is -2.42. The van der Waals surface area contributed by atoms with Gasteiger partial charge in [0.25, 0.3) is 5.91 Å². The highest BCUT2D eigenvalue weighted by atomic mass is 16.5. The summed E-state index contributed by atoms with van der Waals surface area (Å²) >= 11 is 0. The van der Waals surface area contributed by atoms with E-state index in [1.165, 1.54) is 5.56 Å². The monoisotopic (exact) mass is 460 g/mol. The maximum absolute atomic E-state index is 13.1. The minimum Gasteiger partial charge on any atom is -0.486 e. The number of fused-ring (bicyclic) bond motifs is 1. The average Bonchev–Trinajstić information content (AvgIpc) is 3.31. The van der Waals surface area contributed by atoms with Gasteiger partial charge in [-0.25, -0.2) is 0 Å². The molecule has 0 bridgehead atoms. The molecule has 0 aliphatic carbocycles. The van der Waals surface area contributed by atoms with Crippen LogP contribution in [0.15, 0.2) is 65.1 Å². The van der Waals surface area contributed by atoms with Crippen LogP contribution >= 0.6 is 0 Å². The van der Waals surface area contributed by atoms with Crippen molar-refractivity contribution in [3.05, 3.63) is 88.9 Å². The van der Waals surface area contributed by atoms with Crippen LogP contribution < -0.4 is 10.1 Å². The standard InChI is InChI=1S/C28H32N2O4/c1-18(2)28(32)30-15-14-20-10-11-22(16-24(20)26(30)21-8-6-5-7-9-21)33-17-23-12-13-25(34-23)27(31)29-19(3)4/h5-13,16,18-19,26H,14-15,17H2,1-4H3,(H,29,31)/t26-/m0/s1. The fourth-order valence-corrected chi connectivity index (χ4v) is 4.31. The maximum Gasteiger partial charge on any atom is 0.287 e. The molecule has 1 aliphatic rings. The Morgan fingerprint density at radius 1 is 1.06 bits per heavy atom. The van der Waals surface area contributed by atoms with Crippen LogP contribution in [0.3, 0.4) is 0 Å². The molecule has 1 aliphatic heterocycles. The van der Waals surface area contributed by atoms with Gasteiger partial charge in [-0.1, -0.05) is 50.2 Å². The van der Waals surface area contributed by atoms with Crippen LogP contribution in [0.1, 0.15) is 66.7 Å². The van der Waals surface area contributed by atoms with E-state index in [4.69, 9.17) is 9.15 Å². The first-order valence-electron chi connectivity index (χ1n) is 11.8. The van der Waals surface area contributed by atoms with Crippen LogP contribution in [0.25, 0.3) is 0 Å². The van der Waals surface area contributed by atoms with E-state index >= 15 is 0 Å². The number of rotatable bonds is 7. The van der Waals surface area contributed by atoms with Crippen molar-refractivity contribution in [2.24, 2.45) is 5.92 Å². The van der Waals surface area contributed by atoms with E-state index in [1.807, 2.05) is 62.9 Å². The largest absolute Gasteiger partial charge is 0.486 e. The third kappa shape index (κ3) is 5.16. The zero-order chi connectivity index (χ0) is 24.2. The number of carbonyl (C=O) groups is 2. The molecule has 6 nitrogen and oxygen atoms in total. The van der Waals surface area contributed by atoms with Crippen molar-refractivity contribution in [2.45, 2.75) is 52.8 Å². The molecule has 0 fully saturated rings. The SMILES string of the molecule is CC(C)NC(=O)c1ccc(COc2ccc3c(c2)[C@H](c2ccccc2)N(C(=O)C(C)C)CC3)o1. The molecule has 1 N–H and O–H groups in total. The molecule has 0 radical (unpaired) electrons. The van der Waals surface area contributed by atoms with E-state index in [0.717, 1.165) is 17.5 Å². The number of hydrogen-bond acceptors (Lipinski definition) is 4. The summed E-state index contributed by atoms with van der Waals surface area (Å²) in [5.74, 6) is 1.37. The van der Waals surface area contributed by atoms with Gasteiger partial charge in [-0.3, -0.25) is 9.59 Å². The Labute approximate surface area is 200 Å². The van der Waals surface area contributed by atoms with Gasteiger partial charge in [-0.05, 0) is 61.2 Å². The van der Waals surface area contributed by atoms with E-state index in [2.05, 4.69) is 23.5 Å². The predicted molar refractivity (Wildman–Crippen MR) is 131 cm³/mol. The van der Waals surface area contributed by atoms with Gasteiger partial charge in [0, 0.05) is 18.5 Å². The number of benzene rings is 2. The second kappa shape index (κ2) is 10.2. The van der Waals surface area contributed by atoms with Crippen molar-refractivity contribution >= 4 is 11.8 Å². The zero-order valence-electron chi connectivity index (χ0n) is 20.2. The Morgan fingerprint density at radius 2 is 1.82 bits per heavy atom. The molecule has 0 saturated carbocycles. The van der Waals surface area contributed by atoms with Gasteiger partial charge in [0.15, 0.2) is 5.76 Å². The Bertz CT molecular complexity index is 1150. The van der Waals surface area contributed by atoms with Crippen molar-refractivity contribution in [1.29, 1.82) is 0 Å². The fourth-order valence-electron chi connectivity index (χ4n) is 4.31. The molecule has 1 aromatic heterocycles. The number of carbonyl (C=O) groups excluding carboxylic acids is 2. The Hall–Kier alpha value is -3.54. The summed E-state index contributed by atoms with van der Waals surface area (Å²) in [6, 6.07) is 19.5. The van der Waals surface area contributed by atoms with Crippen molar-refractivity contribution in [1.82, 2.24) is 10.2 Å². The van der Waals surface area contributed by atoms with E-state index in [-0.39, 0.29) is 42.2 Å². The lowest BCUT2D eigenvalue weighted by molar-refractivity contribution is -0.136. The highest BCUT2D eigenvalue weighted by Gasteiger charge is 2.33. The van der Waals surface area contributed by atoms with Crippen LogP contribution in [0.2, 0.25) is 0 Å². The van der Waals surface area contributed by atoms with Crippen LogP contribution in [-0.4, -0.2) is 29.3 Å². The normalized spacial score (nSPS) is 15.4. The van der Waals surface area contributed by atoms with E-state index in [9.17, 15) is 9.59 Å². The fraction of sp³-hybridized carbons (Fsp3) is 0.357. The topological polar surface area (TPSA) is 71.8 Å². The number of hydrogen-bond donors (Lipinski definition) is 1. The van der Waals surface area contributed by atoms with Gasteiger partial charge in [-0.2, -0.15) is 0 Å². The molecule has 2 heterocycles. The van der Waals surface area contributed by atoms with Crippen LogP contribution in [0, 0.1) is 5.92 Å². The van der Waals surface area contributed by atoms with Gasteiger partial charge in [0.2, 0.25) is 5.91 Å². The molecular weight excluding hydrogens is 428 g/mol. The Balaban J connectivity index is 1.57. The molecule has 2 aromatic carbocycles. The predicted octanol–water partition coefficient (Wildman–Crippen LogP) is 5.13. The third-order valence-corrected chi connectivity index (χ3v) is 5.92. The van der Waals surface area contributed by atoms with Gasteiger partial charge >= 0.3 is 0 Å². The molecule has 0 spiro atoms. The summed E-state index contributed by atoms with van der Waals surface area (Å²) in [6.45, 7) is 8.59. The van der Waals surface area contributed by atoms with Gasteiger partial charge in [0.05, 0.1) is 6.04 Å². The van der Waals surface area contributed by atoms with Crippen molar-refractivity contribution in [3.8, 4) is 5.75 Å². The first kappa shape index (κ1) is 23.6. The summed E-state index contributed by atoms with van der Waals surface area (Å²) < 4.78 is 11.7. The zero-order valence-corrected chi connectivity index (χ0v) is 20.2. The minimum atomic E-state index is -0.240. The molecule has 0 saturated heterocycles. The second-order valence-corrected chi connectivity index (χ2v) is 9.29. The number of furan rings is 1. The van der Waals surface area contributed by atoms with Crippen molar-refractivity contribution in [3.63, 3.8) is 0 Å². The first-order valence-corrected chi connectivity index (χ1v) is 11.8. The summed E-state index contributed by atoms with van der Waals surface area (Å²) in [7, 11) is 0. The number of nitrogens with one attached hydrogen (secondary N) is 1. The van der Waals surface area contributed by atoms with E-state index in [0.29, 0.717) is 18.1 Å². The van der Waals surface area contributed by atoms with Crippen molar-refractivity contribution in [2.75, 3.05) is 6.54 Å². The van der Waals surface area contributed by atoms with Crippen LogP contribution in [-0.2, 0) is 17.8 Å². The molecule has 34 heavy (non-hydrogen) atoms. The number of amides is 2. The molecule has 1 atom stereocenters. The Morgan fingerprint density at radius 3 is 2.53 bits per heavy atom. The first-order chi connectivity index (χ1) is 16.3. The second-order valence-electron chi connectivity index (χ2n) is 9.29. The molecule has 178 valence electrons. The average molecular weight is 461 g/mol. The lowest BCUT2D eigenvalue weighted by atomic mass is 9.87. The maximum atomic E-state index is 13.1. The van der Waals surface area contributed by atoms with E-state index < -0.39 is 0 Å². The number of nitrogens with zero attached hydrogens (tertiary/aromatic N) is 1. The quantitative estimate of drug-likeness (QED) is 0.531. The van der Waals surface area contributed by atoms with Crippen molar-refractivity contribution < 1.29 is 18.7 Å². The van der Waals surface area contributed by atoms with Crippen LogP contribution in [0.4, 0.5) is 0 Å². The van der Waals surface area contributed by atoms with Gasteiger partial charge in [0.1, 0.15) is 18.1 Å².